The van der Waals surface area contributed by atoms with Crippen LogP contribution in [0.25, 0.3) is 6.08 Å². The van der Waals surface area contributed by atoms with Crippen LogP contribution in [0.3, 0.4) is 0 Å². The normalized spacial score (nSPS) is 14.6. The largest absolute Gasteiger partial charge is 0.489 e. The molecule has 1 atom stereocenters. The number of fused-ring (bicyclic) bond motifs is 1. The lowest BCUT2D eigenvalue weighted by Gasteiger charge is -2.37. The second kappa shape index (κ2) is 13.4. The molecule has 3 aromatic carbocycles. The Morgan fingerprint density at radius 3 is 2.33 bits per heavy atom. The van der Waals surface area contributed by atoms with Crippen LogP contribution in [0.1, 0.15) is 43.0 Å². The van der Waals surface area contributed by atoms with Crippen molar-refractivity contribution >= 4 is 35.4 Å². The zero-order chi connectivity index (χ0) is 31.1. The minimum Gasteiger partial charge on any atom is -0.489 e. The van der Waals surface area contributed by atoms with Gasteiger partial charge < -0.3 is 19.7 Å². The van der Waals surface area contributed by atoms with Crippen LogP contribution in [0.4, 0.5) is 16.2 Å². The minimum atomic E-state index is -0.794. The fourth-order valence-electron chi connectivity index (χ4n) is 4.57. The number of rotatable bonds is 8. The Hall–Kier alpha value is -4.83. The summed E-state index contributed by atoms with van der Waals surface area (Å²) >= 11 is 0. The zero-order valence-electron chi connectivity index (χ0n) is 25.1. The van der Waals surface area contributed by atoms with E-state index in [9.17, 15) is 14.4 Å². The van der Waals surface area contributed by atoms with Crippen molar-refractivity contribution in [2.45, 2.75) is 52.0 Å². The Labute approximate surface area is 251 Å². The number of anilines is 2. The molecule has 3 aromatic rings. The molecular formula is C33H38N4O6. The maximum Gasteiger partial charge on any atom is 0.411 e. The van der Waals surface area contributed by atoms with E-state index in [4.69, 9.17) is 14.7 Å². The van der Waals surface area contributed by atoms with Gasteiger partial charge in [-0.1, -0.05) is 30.3 Å². The molecule has 10 nitrogen and oxygen atoms in total. The average molecular weight is 587 g/mol. The van der Waals surface area contributed by atoms with Crippen LogP contribution in [0.15, 0.2) is 72.8 Å². The van der Waals surface area contributed by atoms with Crippen LogP contribution >= 0.6 is 0 Å². The van der Waals surface area contributed by atoms with Crippen molar-refractivity contribution in [1.29, 1.82) is 0 Å². The number of amides is 3. The number of carbonyl (C=O) groups excluding carboxylic acids is 3. The van der Waals surface area contributed by atoms with Crippen LogP contribution < -0.4 is 20.4 Å². The lowest BCUT2D eigenvalue weighted by molar-refractivity contribution is -0.124. The molecule has 4 rings (SSSR count). The first-order valence-electron chi connectivity index (χ1n) is 14.0. The van der Waals surface area contributed by atoms with E-state index in [1.165, 1.54) is 22.5 Å². The summed E-state index contributed by atoms with van der Waals surface area (Å²) in [7, 11) is 3.99. The van der Waals surface area contributed by atoms with Crippen LogP contribution in [-0.2, 0) is 33.9 Å². The van der Waals surface area contributed by atoms with Crippen molar-refractivity contribution < 1.29 is 29.1 Å². The van der Waals surface area contributed by atoms with E-state index < -0.39 is 23.6 Å². The fraction of sp³-hybridized carbons (Fsp3) is 0.303. The summed E-state index contributed by atoms with van der Waals surface area (Å²) in [5.41, 5.74) is 6.01. The van der Waals surface area contributed by atoms with Gasteiger partial charge in [0.05, 0.1) is 6.54 Å². The highest BCUT2D eigenvalue weighted by atomic mass is 16.6. The van der Waals surface area contributed by atoms with E-state index in [0.29, 0.717) is 30.0 Å². The molecule has 43 heavy (non-hydrogen) atoms. The maximum atomic E-state index is 13.5. The smallest absolute Gasteiger partial charge is 0.411 e. The summed E-state index contributed by atoms with van der Waals surface area (Å²) in [6.45, 7) is 5.95. The molecular weight excluding hydrogens is 548 g/mol. The van der Waals surface area contributed by atoms with Gasteiger partial charge in [-0.05, 0) is 85.5 Å². The Balaban J connectivity index is 1.49. The van der Waals surface area contributed by atoms with Crippen molar-refractivity contribution in [3.05, 3.63) is 95.1 Å². The van der Waals surface area contributed by atoms with Gasteiger partial charge in [-0.2, -0.15) is 0 Å². The highest BCUT2D eigenvalue weighted by Gasteiger charge is 2.37. The zero-order valence-corrected chi connectivity index (χ0v) is 25.1. The topological polar surface area (TPSA) is 120 Å². The van der Waals surface area contributed by atoms with Gasteiger partial charge in [0.1, 0.15) is 24.0 Å². The van der Waals surface area contributed by atoms with Gasteiger partial charge in [-0.3, -0.25) is 19.7 Å². The summed E-state index contributed by atoms with van der Waals surface area (Å²) in [6.07, 6.45) is 2.44. The summed E-state index contributed by atoms with van der Waals surface area (Å²) < 4.78 is 11.7. The van der Waals surface area contributed by atoms with E-state index in [2.05, 4.69) is 5.32 Å². The molecule has 0 aliphatic carbocycles. The Morgan fingerprint density at radius 1 is 1.00 bits per heavy atom. The van der Waals surface area contributed by atoms with Crippen LogP contribution in [0, 0.1) is 0 Å². The summed E-state index contributed by atoms with van der Waals surface area (Å²) in [5, 5.41) is 11.5. The minimum absolute atomic E-state index is 0.188. The predicted molar refractivity (Wildman–Crippen MR) is 165 cm³/mol. The molecule has 0 aromatic heterocycles. The predicted octanol–water partition coefficient (Wildman–Crippen LogP) is 5.15. The highest BCUT2D eigenvalue weighted by Crippen LogP contribution is 2.30. The molecule has 1 aliphatic rings. The van der Waals surface area contributed by atoms with Gasteiger partial charge in [0, 0.05) is 38.0 Å². The number of nitrogens with zero attached hydrogens (tertiary/aromatic N) is 2. The second-order valence-corrected chi connectivity index (χ2v) is 11.5. The first-order chi connectivity index (χ1) is 20.4. The number of benzene rings is 3. The van der Waals surface area contributed by atoms with Gasteiger partial charge in [0.15, 0.2) is 0 Å². The third kappa shape index (κ3) is 8.59. The molecule has 0 radical (unpaired) electrons. The Morgan fingerprint density at radius 2 is 1.70 bits per heavy atom. The second-order valence-electron chi connectivity index (χ2n) is 11.5. The van der Waals surface area contributed by atoms with E-state index in [1.807, 2.05) is 61.5 Å². The Kier molecular flexibility index (Phi) is 9.72. The first kappa shape index (κ1) is 31.1. The molecule has 226 valence electrons. The van der Waals surface area contributed by atoms with E-state index in [-0.39, 0.29) is 12.5 Å². The number of hydrogen-bond acceptors (Lipinski definition) is 7. The van der Waals surface area contributed by atoms with E-state index in [0.717, 1.165) is 22.4 Å². The highest BCUT2D eigenvalue weighted by molar-refractivity contribution is 5.97. The third-order valence-electron chi connectivity index (χ3n) is 6.81. The summed E-state index contributed by atoms with van der Waals surface area (Å²) in [5.74, 6) is -0.320. The molecule has 1 aliphatic heterocycles. The summed E-state index contributed by atoms with van der Waals surface area (Å²) in [4.78, 5) is 41.5. The first-order valence-corrected chi connectivity index (χ1v) is 14.0. The maximum absolute atomic E-state index is 13.5. The molecule has 1 heterocycles. The quantitative estimate of drug-likeness (QED) is 0.190. The average Bonchev–Trinajstić information content (AvgIpc) is 2.98. The van der Waals surface area contributed by atoms with Crippen molar-refractivity contribution in [1.82, 2.24) is 10.4 Å². The summed E-state index contributed by atoms with van der Waals surface area (Å²) in [6, 6.07) is 19.9. The lowest BCUT2D eigenvalue weighted by Crippen LogP contribution is -2.52. The molecule has 0 unspecified atom stereocenters. The van der Waals surface area contributed by atoms with Crippen LogP contribution in [-0.4, -0.2) is 53.8 Å². The number of carbonyl (C=O) groups is 3. The molecule has 3 amide bonds. The lowest BCUT2D eigenvalue weighted by atomic mass is 9.93. The van der Waals surface area contributed by atoms with Crippen molar-refractivity contribution in [2.24, 2.45) is 0 Å². The van der Waals surface area contributed by atoms with E-state index >= 15 is 0 Å². The van der Waals surface area contributed by atoms with Gasteiger partial charge in [-0.15, -0.1) is 0 Å². The van der Waals surface area contributed by atoms with Gasteiger partial charge in [0.25, 0.3) is 5.91 Å². The Bertz CT molecular complexity index is 1480. The molecule has 0 saturated heterocycles. The fourth-order valence-corrected chi connectivity index (χ4v) is 4.57. The molecule has 0 bridgehead atoms. The van der Waals surface area contributed by atoms with Gasteiger partial charge >= 0.3 is 6.09 Å². The molecule has 0 saturated carbocycles. The SMILES string of the molecule is CN(C)c1ccc(COc2ccc3c(c2)CN(C(=O)OC(C)(C)C)[C@H](C(=O)Nc2ccc(/C=C/C(=O)NO)cc2)C3)cc1. The van der Waals surface area contributed by atoms with Gasteiger partial charge in [-0.25, -0.2) is 10.3 Å². The van der Waals surface area contributed by atoms with Crippen LogP contribution in [0.2, 0.25) is 0 Å². The number of hydrogen-bond donors (Lipinski definition) is 3. The monoisotopic (exact) mass is 586 g/mol. The third-order valence-corrected chi connectivity index (χ3v) is 6.81. The number of ether oxygens (including phenoxy) is 2. The molecule has 0 spiro atoms. The van der Waals surface area contributed by atoms with Crippen molar-refractivity contribution in [3.63, 3.8) is 0 Å². The number of nitrogens with one attached hydrogen (secondary N) is 2. The number of hydroxylamine groups is 1. The standard InChI is InChI=1S/C33H38N4O6/c1-33(2,3)43-32(40)37-20-25-18-28(42-21-23-8-14-27(15-9-23)36(4)5)16-11-24(25)19-29(37)31(39)34-26-12-6-22(7-13-26)10-17-30(38)35-41/h6-18,29,41H,19-21H2,1-5H3,(H,34,39)(H,35,38)/b17-10+/t29-/m0/s1. The van der Waals surface area contributed by atoms with Crippen molar-refractivity contribution in [2.75, 3.05) is 24.3 Å². The van der Waals surface area contributed by atoms with Crippen molar-refractivity contribution in [3.8, 4) is 5.75 Å². The molecule has 10 heteroatoms. The van der Waals surface area contributed by atoms with E-state index in [1.54, 1.807) is 45.0 Å². The van der Waals surface area contributed by atoms with Crippen LogP contribution in [0.5, 0.6) is 5.75 Å². The molecule has 3 N–H and O–H groups in total. The van der Waals surface area contributed by atoms with Gasteiger partial charge in [0.2, 0.25) is 5.91 Å². The molecule has 0 fully saturated rings.